The van der Waals surface area contributed by atoms with Crippen molar-refractivity contribution in [1.82, 2.24) is 29.9 Å². The minimum absolute atomic E-state index is 0.532. The first kappa shape index (κ1) is 63.6. The molecule has 1 unspecified atom stereocenters. The maximum atomic E-state index is 7.33. The number of aromatic nitrogens is 6. The predicted molar refractivity (Wildman–Crippen MR) is 451 cm³/mol. The van der Waals surface area contributed by atoms with Crippen LogP contribution < -0.4 is 9.47 Å². The zero-order chi connectivity index (χ0) is 74.7. The Morgan fingerprint density at radius 3 is 1.11 bits per heavy atom. The number of hydrogen-bond acceptors (Lipinski definition) is 10. The molecule has 6 heterocycles. The topological polar surface area (TPSA) is 122 Å². The minimum atomic E-state index is -0.779. The van der Waals surface area contributed by atoms with Crippen LogP contribution in [0.2, 0.25) is 0 Å². The summed E-state index contributed by atoms with van der Waals surface area (Å²) in [4.78, 5) is 31.5. The molecule has 0 saturated heterocycles. The fourth-order valence-corrected chi connectivity index (χ4v) is 18.9. The molecule has 0 radical (unpaired) electrons. The summed E-state index contributed by atoms with van der Waals surface area (Å²) in [7, 11) is 0. The first-order valence-corrected chi connectivity index (χ1v) is 38.4. The van der Waals surface area contributed by atoms with Gasteiger partial charge in [0.2, 0.25) is 0 Å². The van der Waals surface area contributed by atoms with E-state index in [9.17, 15) is 0 Å². The highest BCUT2D eigenvalue weighted by molar-refractivity contribution is 6.15. The van der Waals surface area contributed by atoms with Gasteiger partial charge in [-0.15, -0.1) is 0 Å². The van der Waals surface area contributed by atoms with Gasteiger partial charge in [0.15, 0.2) is 34.9 Å². The molecule has 2 spiro atoms. The Morgan fingerprint density at radius 1 is 0.193 bits per heavy atom. The van der Waals surface area contributed by atoms with Gasteiger partial charge in [0, 0.05) is 82.7 Å². The number of hydrogen-bond donors (Lipinski definition) is 0. The van der Waals surface area contributed by atoms with Crippen LogP contribution in [0.4, 0.5) is 0 Å². The Bertz CT molecular complexity index is 7340. The van der Waals surface area contributed by atoms with Gasteiger partial charge < -0.3 is 18.3 Å². The Hall–Kier alpha value is -15.3. The number of benzene rings is 16. The molecule has 530 valence electrons. The molecule has 24 rings (SSSR count). The fraction of sp³-hybridized carbons (Fsp3) is 0.0192. The van der Waals surface area contributed by atoms with E-state index in [1.165, 1.54) is 33.4 Å². The average Bonchev–Trinajstić information content (AvgIpc) is 1.50. The molecule has 114 heavy (non-hydrogen) atoms. The molecule has 4 aliphatic rings. The SMILES string of the molecule is c1ccc(-c2nc(-c3ccc(-c4cccc5c4Oc4ccccc4C54c5ccccc5-c5c(-c6ccc7oc8cccc(-c9nc(-c%10ccccc%10)nc(-c%10ccccc%10)n9)c8c7c6)cccc54)cc3)nc(-c3cccc4oc5ccc(-c6ccc7c(c6)-c6ccccc6C76c7ccccc7Oc7ccccc76)cc5c34)n2)cc1. The maximum Gasteiger partial charge on any atom is 0.164 e. The standard InChI is InChI=1S/C104H60N6O4/c1-4-24-62(25-5-1)97-105-98(63-26-6-2-7-27-63)108-101(107-97)74-35-23-47-92-95(74)77-60-68(54-57-87(77)112-92)69-32-20-41-84-93(69)72-31-11-13-37-79(72)104(84)83-40-16-19-45-90(83)114-96-70(33-21-42-85(96)104)61-48-50-65(51-49-61)100-106-99(64-28-8-3-9-29-64)109-102(110-100)73-34-22-46-91-94(73)76-59-67(53-56-86(76)111-91)66-52-55-80-75(58-66)71-30-10-12-36-78(71)103(80)81-38-14-17-43-88(81)113-89-44-18-15-39-82(89)103/h1-60H. The Morgan fingerprint density at radius 2 is 0.553 bits per heavy atom. The average molecular weight is 1460 g/mol. The molecule has 16 aromatic carbocycles. The van der Waals surface area contributed by atoms with Crippen molar-refractivity contribution in [3.8, 4) is 147 Å². The van der Waals surface area contributed by atoms with E-state index in [0.717, 1.165) is 167 Å². The van der Waals surface area contributed by atoms with E-state index in [4.69, 9.17) is 48.2 Å². The monoisotopic (exact) mass is 1460 g/mol. The van der Waals surface area contributed by atoms with Crippen LogP contribution in [-0.4, -0.2) is 29.9 Å². The van der Waals surface area contributed by atoms with Crippen molar-refractivity contribution in [2.24, 2.45) is 0 Å². The van der Waals surface area contributed by atoms with Crippen molar-refractivity contribution in [2.45, 2.75) is 10.8 Å². The summed E-state index contributed by atoms with van der Waals surface area (Å²) in [6.45, 7) is 0. The molecular weight excluding hydrogens is 1400 g/mol. The quantitative estimate of drug-likeness (QED) is 0.138. The lowest BCUT2D eigenvalue weighted by molar-refractivity contribution is 0.436. The second-order valence-electron chi connectivity index (χ2n) is 29.7. The lowest BCUT2D eigenvalue weighted by Crippen LogP contribution is -2.32. The third kappa shape index (κ3) is 9.30. The molecular formula is C104H60N6O4. The Labute approximate surface area is 654 Å². The molecule has 0 N–H and O–H groups in total. The summed E-state index contributed by atoms with van der Waals surface area (Å²) >= 11 is 0. The predicted octanol–water partition coefficient (Wildman–Crippen LogP) is 25.8. The van der Waals surface area contributed by atoms with Gasteiger partial charge >= 0.3 is 0 Å². The molecule has 2 aliphatic carbocycles. The molecule has 0 fully saturated rings. The molecule has 2 aliphatic heterocycles. The first-order valence-electron chi connectivity index (χ1n) is 38.4. The fourth-order valence-electron chi connectivity index (χ4n) is 18.9. The van der Waals surface area contributed by atoms with Crippen LogP contribution in [0.1, 0.15) is 44.5 Å². The van der Waals surface area contributed by atoms with E-state index in [2.05, 4.69) is 249 Å². The van der Waals surface area contributed by atoms with Gasteiger partial charge in [0.1, 0.15) is 45.3 Å². The number of ether oxygens (including phenoxy) is 2. The van der Waals surface area contributed by atoms with E-state index < -0.39 is 10.8 Å². The van der Waals surface area contributed by atoms with Gasteiger partial charge in [0.05, 0.1) is 10.8 Å². The number of nitrogens with zero attached hydrogens (tertiary/aromatic N) is 6. The maximum absolute atomic E-state index is 7.33. The summed E-state index contributed by atoms with van der Waals surface area (Å²) in [5.74, 6) is 6.70. The van der Waals surface area contributed by atoms with Crippen molar-refractivity contribution in [1.29, 1.82) is 0 Å². The van der Waals surface area contributed by atoms with Crippen LogP contribution in [0.25, 0.3) is 168 Å². The van der Waals surface area contributed by atoms with Crippen LogP contribution in [-0.2, 0) is 10.8 Å². The Kier molecular flexibility index (Phi) is 13.7. The second-order valence-corrected chi connectivity index (χ2v) is 29.7. The lowest BCUT2D eigenvalue weighted by atomic mass is 9.65. The van der Waals surface area contributed by atoms with Crippen LogP contribution >= 0.6 is 0 Å². The zero-order valence-corrected chi connectivity index (χ0v) is 61.0. The van der Waals surface area contributed by atoms with Crippen LogP contribution in [0.15, 0.2) is 373 Å². The summed E-state index contributed by atoms with van der Waals surface area (Å²) in [5, 5.41) is 3.78. The molecule has 0 amide bonds. The van der Waals surface area contributed by atoms with E-state index in [1.807, 2.05) is 115 Å². The lowest BCUT2D eigenvalue weighted by Gasteiger charge is -2.40. The zero-order valence-electron chi connectivity index (χ0n) is 61.0. The Balaban J connectivity index is 0.608. The summed E-state index contributed by atoms with van der Waals surface area (Å²) in [6.07, 6.45) is 0. The third-order valence-corrected chi connectivity index (χ3v) is 23.8. The highest BCUT2D eigenvalue weighted by Gasteiger charge is 2.53. The first-order chi connectivity index (χ1) is 56.5. The minimum Gasteiger partial charge on any atom is -0.457 e. The van der Waals surface area contributed by atoms with Crippen LogP contribution in [0.5, 0.6) is 23.0 Å². The number of furan rings is 2. The molecule has 10 heteroatoms. The molecule has 0 bridgehead atoms. The summed E-state index contributed by atoms with van der Waals surface area (Å²) in [6, 6.07) is 128. The van der Waals surface area contributed by atoms with Crippen LogP contribution in [0, 0.1) is 0 Å². The highest BCUT2D eigenvalue weighted by atomic mass is 16.5. The van der Waals surface area contributed by atoms with Gasteiger partial charge in [-0.05, 0) is 133 Å². The van der Waals surface area contributed by atoms with Gasteiger partial charge in [-0.1, -0.05) is 303 Å². The smallest absolute Gasteiger partial charge is 0.164 e. The second kappa shape index (κ2) is 24.6. The van der Waals surface area contributed by atoms with Crippen LogP contribution in [0.3, 0.4) is 0 Å². The van der Waals surface area contributed by atoms with E-state index in [1.54, 1.807) is 0 Å². The largest absolute Gasteiger partial charge is 0.457 e. The third-order valence-electron chi connectivity index (χ3n) is 23.8. The normalized spacial score (nSPS) is 14.2. The highest BCUT2D eigenvalue weighted by Crippen LogP contribution is 2.66. The number of fused-ring (bicyclic) bond motifs is 24. The van der Waals surface area contributed by atoms with Crippen molar-refractivity contribution >= 4 is 43.9 Å². The molecule has 10 nitrogen and oxygen atoms in total. The molecule has 20 aromatic rings. The van der Waals surface area contributed by atoms with Crippen molar-refractivity contribution in [3.63, 3.8) is 0 Å². The van der Waals surface area contributed by atoms with Gasteiger partial charge in [0.25, 0.3) is 0 Å². The van der Waals surface area contributed by atoms with Crippen molar-refractivity contribution < 1.29 is 18.3 Å². The molecule has 0 saturated carbocycles. The molecule has 4 aromatic heterocycles. The van der Waals surface area contributed by atoms with E-state index >= 15 is 0 Å². The van der Waals surface area contributed by atoms with E-state index in [0.29, 0.717) is 34.9 Å². The number of para-hydroxylation sites is 4. The van der Waals surface area contributed by atoms with Gasteiger partial charge in [-0.2, -0.15) is 0 Å². The van der Waals surface area contributed by atoms with E-state index in [-0.39, 0.29) is 0 Å². The summed E-state index contributed by atoms with van der Waals surface area (Å²) in [5.41, 5.74) is 27.1. The van der Waals surface area contributed by atoms with Crippen molar-refractivity contribution in [2.75, 3.05) is 0 Å². The van der Waals surface area contributed by atoms with Gasteiger partial charge in [-0.25, -0.2) is 29.9 Å². The molecule has 1 atom stereocenters. The van der Waals surface area contributed by atoms with Gasteiger partial charge in [-0.3, -0.25) is 0 Å². The summed E-state index contributed by atoms with van der Waals surface area (Å²) < 4.78 is 27.5. The number of rotatable bonds is 9. The van der Waals surface area contributed by atoms with Crippen molar-refractivity contribution in [3.05, 3.63) is 408 Å².